The number of hydrogen-bond acceptors (Lipinski definition) is 0. The maximum atomic E-state index is 2.69. The average molecular weight is 331 g/mol. The molecule has 0 amide bonds. The summed E-state index contributed by atoms with van der Waals surface area (Å²) in [6.45, 7) is 20.6. The van der Waals surface area contributed by atoms with E-state index in [9.17, 15) is 0 Å². The third-order valence-electron chi connectivity index (χ3n) is 10.8. The third-order valence-corrected chi connectivity index (χ3v) is 10.8. The van der Waals surface area contributed by atoms with Gasteiger partial charge in [0.1, 0.15) is 0 Å². The summed E-state index contributed by atoms with van der Waals surface area (Å²) in [5.41, 5.74) is 1.33. The molecule has 5 aliphatic carbocycles. The molecule has 0 saturated heterocycles. The van der Waals surface area contributed by atoms with Crippen LogP contribution in [0.4, 0.5) is 0 Å². The molecule has 0 aromatic carbocycles. The van der Waals surface area contributed by atoms with Crippen molar-refractivity contribution in [3.8, 4) is 0 Å². The zero-order valence-corrected chi connectivity index (χ0v) is 17.6. The van der Waals surface area contributed by atoms with E-state index in [4.69, 9.17) is 0 Å². The van der Waals surface area contributed by atoms with Crippen LogP contribution in [0.2, 0.25) is 0 Å². The first kappa shape index (κ1) is 17.4. The van der Waals surface area contributed by atoms with Crippen molar-refractivity contribution in [1.29, 1.82) is 0 Å². The summed E-state index contributed by atoms with van der Waals surface area (Å²) in [6, 6.07) is 0. The Morgan fingerprint density at radius 3 is 2.17 bits per heavy atom. The fourth-order valence-corrected chi connectivity index (χ4v) is 9.92. The van der Waals surface area contributed by atoms with E-state index in [1.54, 1.807) is 12.8 Å². The highest BCUT2D eigenvalue weighted by Gasteiger charge is 2.77. The van der Waals surface area contributed by atoms with Gasteiger partial charge in [-0.1, -0.05) is 68.2 Å². The van der Waals surface area contributed by atoms with Gasteiger partial charge in [0.05, 0.1) is 0 Å². The molecule has 5 aliphatic rings. The van der Waals surface area contributed by atoms with Crippen LogP contribution in [-0.4, -0.2) is 0 Å². The minimum atomic E-state index is 0.641. The predicted molar refractivity (Wildman–Crippen MR) is 104 cm³/mol. The topological polar surface area (TPSA) is 0 Å². The molecule has 1 spiro atoms. The summed E-state index contributed by atoms with van der Waals surface area (Å²) in [7, 11) is 0. The largest absolute Gasteiger partial charge is 0.0651 e. The Hall–Kier alpha value is 0. The molecule has 5 bridgehead atoms. The van der Waals surface area contributed by atoms with Crippen molar-refractivity contribution in [2.45, 2.75) is 81.1 Å². The van der Waals surface area contributed by atoms with Gasteiger partial charge in [0.2, 0.25) is 0 Å². The first-order valence-electron chi connectivity index (χ1n) is 11.3. The van der Waals surface area contributed by atoms with Crippen LogP contribution in [0, 0.1) is 70.0 Å². The first-order valence-corrected chi connectivity index (χ1v) is 11.3. The molecule has 5 rings (SSSR count). The summed E-state index contributed by atoms with van der Waals surface area (Å²) >= 11 is 0. The second-order valence-electron chi connectivity index (χ2n) is 11.2. The predicted octanol–water partition coefficient (Wildman–Crippen LogP) is 6.90. The minimum Gasteiger partial charge on any atom is -0.0651 e. The summed E-state index contributed by atoms with van der Waals surface area (Å²) in [5.74, 6) is 9.92. The smallest absolute Gasteiger partial charge is 0.0202 e. The summed E-state index contributed by atoms with van der Waals surface area (Å²) < 4.78 is 0. The summed E-state index contributed by atoms with van der Waals surface area (Å²) in [5, 5.41) is 0. The fraction of sp³-hybridized carbons (Fsp3) is 1.00. The lowest BCUT2D eigenvalue weighted by molar-refractivity contribution is -0.127. The molecular formula is C24H42. The van der Waals surface area contributed by atoms with Crippen molar-refractivity contribution >= 4 is 0 Å². The van der Waals surface area contributed by atoms with Crippen LogP contribution >= 0.6 is 0 Å². The maximum Gasteiger partial charge on any atom is -0.0202 e. The van der Waals surface area contributed by atoms with Crippen LogP contribution in [0.5, 0.6) is 0 Å². The molecule has 0 heterocycles. The van der Waals surface area contributed by atoms with E-state index >= 15 is 0 Å². The van der Waals surface area contributed by atoms with Crippen LogP contribution in [-0.2, 0) is 0 Å². The maximum absolute atomic E-state index is 2.69. The number of hydrogen-bond donors (Lipinski definition) is 0. The Morgan fingerprint density at radius 1 is 1.00 bits per heavy atom. The molecule has 10 unspecified atom stereocenters. The van der Waals surface area contributed by atoms with E-state index in [1.807, 2.05) is 0 Å². The SMILES string of the molecule is CCC1C2C3C4CC(CC(C1C)(C3CC)C2C(C)C)C4(C)C(C)C. The molecule has 138 valence electrons. The molecule has 0 nitrogen and oxygen atoms in total. The van der Waals surface area contributed by atoms with Crippen LogP contribution in [0.25, 0.3) is 0 Å². The van der Waals surface area contributed by atoms with Crippen molar-refractivity contribution in [3.63, 3.8) is 0 Å². The molecule has 0 heteroatoms. The molecule has 24 heavy (non-hydrogen) atoms. The van der Waals surface area contributed by atoms with E-state index in [2.05, 4.69) is 55.4 Å². The molecule has 0 aromatic rings. The summed E-state index contributed by atoms with van der Waals surface area (Å²) in [4.78, 5) is 0. The van der Waals surface area contributed by atoms with Crippen molar-refractivity contribution in [3.05, 3.63) is 0 Å². The lowest BCUT2D eigenvalue weighted by Gasteiger charge is -2.61. The molecule has 10 atom stereocenters. The van der Waals surface area contributed by atoms with Crippen molar-refractivity contribution in [2.75, 3.05) is 0 Å². The van der Waals surface area contributed by atoms with Crippen LogP contribution in [0.3, 0.4) is 0 Å². The van der Waals surface area contributed by atoms with Gasteiger partial charge in [0.25, 0.3) is 0 Å². The second kappa shape index (κ2) is 5.26. The number of fused-ring (bicyclic) bond motifs is 1. The lowest BCUT2D eigenvalue weighted by Crippen LogP contribution is -2.55. The van der Waals surface area contributed by atoms with Gasteiger partial charge in [0.15, 0.2) is 0 Å². The quantitative estimate of drug-likeness (QED) is 0.526. The highest BCUT2D eigenvalue weighted by Crippen LogP contribution is 2.82. The van der Waals surface area contributed by atoms with Crippen molar-refractivity contribution in [1.82, 2.24) is 0 Å². The minimum absolute atomic E-state index is 0.641. The normalized spacial score (nSPS) is 58.2. The van der Waals surface area contributed by atoms with Crippen LogP contribution in [0.15, 0.2) is 0 Å². The van der Waals surface area contributed by atoms with Gasteiger partial charge in [-0.15, -0.1) is 0 Å². The molecular weight excluding hydrogens is 288 g/mol. The van der Waals surface area contributed by atoms with Crippen LogP contribution < -0.4 is 0 Å². The number of rotatable bonds is 4. The lowest BCUT2D eigenvalue weighted by atomic mass is 9.44. The zero-order chi connectivity index (χ0) is 17.6. The Bertz CT molecular complexity index is 504. The Labute approximate surface area is 151 Å². The van der Waals surface area contributed by atoms with Gasteiger partial charge in [0, 0.05) is 0 Å². The molecule has 0 radical (unpaired) electrons. The first-order chi connectivity index (χ1) is 11.3. The molecule has 5 saturated carbocycles. The van der Waals surface area contributed by atoms with Crippen molar-refractivity contribution < 1.29 is 0 Å². The Kier molecular flexibility index (Phi) is 3.82. The van der Waals surface area contributed by atoms with Gasteiger partial charge in [-0.05, 0) is 82.9 Å². The summed E-state index contributed by atoms with van der Waals surface area (Å²) in [6.07, 6.45) is 6.02. The highest BCUT2D eigenvalue weighted by atomic mass is 14.8. The molecule has 0 N–H and O–H groups in total. The third kappa shape index (κ3) is 1.64. The Morgan fingerprint density at radius 2 is 1.67 bits per heavy atom. The van der Waals surface area contributed by atoms with Gasteiger partial charge in [-0.2, -0.15) is 0 Å². The molecule has 5 fully saturated rings. The fourth-order valence-electron chi connectivity index (χ4n) is 9.92. The van der Waals surface area contributed by atoms with E-state index in [0.717, 1.165) is 59.2 Å². The highest BCUT2D eigenvalue weighted by molar-refractivity contribution is 5.24. The Balaban J connectivity index is 1.87. The average Bonchev–Trinajstić information content (AvgIpc) is 2.83. The van der Waals surface area contributed by atoms with Gasteiger partial charge in [-0.3, -0.25) is 0 Å². The van der Waals surface area contributed by atoms with E-state index in [1.165, 1.54) is 12.8 Å². The standard InChI is InChI=1S/C24H42/c1-9-17-15(7)24-12-16-11-19(23(16,8)14(5)6)21(18(24)10-2)20(17)22(24)13(3)4/h13-22H,9-12H2,1-8H3. The monoisotopic (exact) mass is 330 g/mol. The van der Waals surface area contributed by atoms with Gasteiger partial charge in [-0.25, -0.2) is 0 Å². The van der Waals surface area contributed by atoms with E-state index in [-0.39, 0.29) is 0 Å². The molecule has 0 aromatic heterocycles. The van der Waals surface area contributed by atoms with E-state index < -0.39 is 0 Å². The second-order valence-corrected chi connectivity index (χ2v) is 11.2. The molecule has 0 aliphatic heterocycles. The van der Waals surface area contributed by atoms with Gasteiger partial charge < -0.3 is 0 Å². The van der Waals surface area contributed by atoms with Gasteiger partial charge >= 0.3 is 0 Å². The van der Waals surface area contributed by atoms with E-state index in [0.29, 0.717) is 10.8 Å². The zero-order valence-electron chi connectivity index (χ0n) is 17.6. The van der Waals surface area contributed by atoms with Crippen LogP contribution in [0.1, 0.15) is 81.1 Å². The van der Waals surface area contributed by atoms with Crippen molar-refractivity contribution in [2.24, 2.45) is 70.0 Å².